The van der Waals surface area contributed by atoms with Crippen molar-refractivity contribution in [1.82, 2.24) is 0 Å². The monoisotopic (exact) mass is 312 g/mol. The maximum absolute atomic E-state index is 11.9. The van der Waals surface area contributed by atoms with E-state index in [0.29, 0.717) is 0 Å². The normalized spacial score (nSPS) is 19.0. The molecule has 1 fully saturated rings. The molecule has 0 aromatic carbocycles. The minimum atomic E-state index is -0.505. The van der Waals surface area contributed by atoms with Crippen molar-refractivity contribution in [3.63, 3.8) is 0 Å². The highest BCUT2D eigenvalue weighted by atomic mass is 16.6. The zero-order valence-electron chi connectivity index (χ0n) is 14.3. The molecule has 0 saturated heterocycles. The van der Waals surface area contributed by atoms with Crippen molar-refractivity contribution in [2.75, 3.05) is 0 Å². The van der Waals surface area contributed by atoms with E-state index < -0.39 is 5.60 Å². The van der Waals surface area contributed by atoms with Crippen LogP contribution >= 0.6 is 0 Å². The van der Waals surface area contributed by atoms with Crippen LogP contribution in [-0.4, -0.2) is 22.6 Å². The fraction of sp³-hybridized carbons (Fsp3) is 0.882. The molecule has 0 spiro atoms. The highest BCUT2D eigenvalue weighted by Gasteiger charge is 2.23. The Morgan fingerprint density at radius 2 is 1.95 bits per heavy atom. The third-order valence-corrected chi connectivity index (χ3v) is 4.26. The summed E-state index contributed by atoms with van der Waals surface area (Å²) in [6.07, 6.45) is 9.81. The lowest BCUT2D eigenvalue weighted by molar-refractivity contribution is -0.155. The molecule has 1 atom stereocenters. The van der Waals surface area contributed by atoms with Gasteiger partial charge < -0.3 is 15.7 Å². The fourth-order valence-electron chi connectivity index (χ4n) is 3.15. The van der Waals surface area contributed by atoms with Gasteiger partial charge in [-0.05, 0) is 33.1 Å². The average molecular weight is 312 g/mol. The predicted molar refractivity (Wildman–Crippen MR) is 87.8 cm³/mol. The molecular formula is C17H32N2O3. The topological polar surface area (TPSA) is 84.9 Å². The molecule has 0 amide bonds. The first-order valence-corrected chi connectivity index (χ1v) is 8.51. The van der Waals surface area contributed by atoms with E-state index in [0.717, 1.165) is 18.8 Å². The van der Waals surface area contributed by atoms with Crippen LogP contribution in [-0.2, 0) is 9.53 Å². The second-order valence-electron chi connectivity index (χ2n) is 7.45. The molecule has 0 bridgehead atoms. The lowest BCUT2D eigenvalue weighted by Gasteiger charge is -2.23. The molecule has 22 heavy (non-hydrogen) atoms. The first-order chi connectivity index (χ1) is 10.3. The number of hydrogen-bond acceptors (Lipinski definition) is 4. The van der Waals surface area contributed by atoms with E-state index >= 15 is 0 Å². The quantitative estimate of drug-likeness (QED) is 0.246. The number of hydrogen-bond donors (Lipinski definition) is 2. The molecule has 3 N–H and O–H groups in total. The highest BCUT2D eigenvalue weighted by Crippen LogP contribution is 2.29. The standard InChI is InChI=1S/C17H32N2O3/c1-17(2,3)22-15(20)12-14(16(18)19-21)11-7-10-13-8-5-4-6-9-13/h13-14,21H,4-12H2,1-3H3,(H2,18,19)/t14-/m1/s1. The summed E-state index contributed by atoms with van der Waals surface area (Å²) in [5.74, 6) is 0.419. The summed E-state index contributed by atoms with van der Waals surface area (Å²) in [4.78, 5) is 11.9. The number of carbonyl (C=O) groups excluding carboxylic acids is 1. The summed E-state index contributed by atoms with van der Waals surface area (Å²) < 4.78 is 5.33. The summed E-state index contributed by atoms with van der Waals surface area (Å²) >= 11 is 0. The Kier molecular flexibility index (Phi) is 7.69. The summed E-state index contributed by atoms with van der Waals surface area (Å²) in [7, 11) is 0. The molecule has 1 rings (SSSR count). The molecule has 0 unspecified atom stereocenters. The molecule has 0 aromatic heterocycles. The number of nitrogens with zero attached hydrogens (tertiary/aromatic N) is 1. The van der Waals surface area contributed by atoms with Gasteiger partial charge in [0.2, 0.25) is 0 Å². The van der Waals surface area contributed by atoms with Crippen molar-refractivity contribution >= 4 is 11.8 Å². The van der Waals surface area contributed by atoms with Crippen LogP contribution in [0.1, 0.15) is 78.6 Å². The van der Waals surface area contributed by atoms with Crippen LogP contribution in [0.4, 0.5) is 0 Å². The Morgan fingerprint density at radius 3 is 2.50 bits per heavy atom. The number of ether oxygens (including phenoxy) is 1. The van der Waals surface area contributed by atoms with Crippen LogP contribution in [0.25, 0.3) is 0 Å². The minimum absolute atomic E-state index is 0.134. The number of amidine groups is 1. The molecule has 1 aliphatic carbocycles. The van der Waals surface area contributed by atoms with Crippen LogP contribution in [0.5, 0.6) is 0 Å². The Hall–Kier alpha value is -1.26. The molecule has 5 heteroatoms. The molecule has 0 radical (unpaired) electrons. The van der Waals surface area contributed by atoms with Crippen LogP contribution in [0.15, 0.2) is 5.16 Å². The Bertz CT molecular complexity index is 369. The lowest BCUT2D eigenvalue weighted by atomic mass is 9.84. The van der Waals surface area contributed by atoms with Crippen molar-refractivity contribution < 1.29 is 14.7 Å². The summed E-state index contributed by atoms with van der Waals surface area (Å²) in [5.41, 5.74) is 5.24. The van der Waals surface area contributed by atoms with Gasteiger partial charge in [-0.3, -0.25) is 4.79 Å². The Morgan fingerprint density at radius 1 is 1.32 bits per heavy atom. The van der Waals surface area contributed by atoms with Crippen LogP contribution in [0, 0.1) is 11.8 Å². The van der Waals surface area contributed by atoms with Crippen LogP contribution < -0.4 is 5.73 Å². The second-order valence-corrected chi connectivity index (χ2v) is 7.45. The van der Waals surface area contributed by atoms with Crippen molar-refractivity contribution in [3.05, 3.63) is 0 Å². The summed E-state index contributed by atoms with van der Waals surface area (Å²) in [6.45, 7) is 5.52. The molecule has 0 aromatic rings. The molecule has 5 nitrogen and oxygen atoms in total. The molecule has 128 valence electrons. The van der Waals surface area contributed by atoms with Gasteiger partial charge in [0, 0.05) is 5.92 Å². The molecule has 0 aliphatic heterocycles. The SMILES string of the molecule is CC(C)(C)OC(=O)C[C@@H](CCCC1CCCCC1)/C(N)=N\O. The second kappa shape index (κ2) is 9.01. The van der Waals surface area contributed by atoms with E-state index in [1.54, 1.807) is 0 Å². The van der Waals surface area contributed by atoms with Gasteiger partial charge in [-0.1, -0.05) is 50.1 Å². The molecule has 1 aliphatic rings. The van der Waals surface area contributed by atoms with Crippen molar-refractivity contribution in [2.24, 2.45) is 22.7 Å². The van der Waals surface area contributed by atoms with Gasteiger partial charge in [-0.2, -0.15) is 0 Å². The number of oxime groups is 1. The van der Waals surface area contributed by atoms with Gasteiger partial charge in [0.05, 0.1) is 6.42 Å². The smallest absolute Gasteiger partial charge is 0.307 e. The van der Waals surface area contributed by atoms with E-state index in [2.05, 4.69) is 5.16 Å². The van der Waals surface area contributed by atoms with Crippen molar-refractivity contribution in [2.45, 2.75) is 84.2 Å². The van der Waals surface area contributed by atoms with Crippen molar-refractivity contribution in [1.29, 1.82) is 0 Å². The van der Waals surface area contributed by atoms with Gasteiger partial charge in [0.15, 0.2) is 0 Å². The van der Waals surface area contributed by atoms with E-state index in [-0.39, 0.29) is 24.1 Å². The van der Waals surface area contributed by atoms with E-state index in [1.807, 2.05) is 20.8 Å². The Balaban J connectivity index is 2.41. The molecular weight excluding hydrogens is 280 g/mol. The highest BCUT2D eigenvalue weighted by molar-refractivity contribution is 5.86. The average Bonchev–Trinajstić information content (AvgIpc) is 2.44. The van der Waals surface area contributed by atoms with E-state index in [4.69, 9.17) is 15.7 Å². The largest absolute Gasteiger partial charge is 0.460 e. The maximum atomic E-state index is 11.9. The van der Waals surface area contributed by atoms with Gasteiger partial charge in [-0.25, -0.2) is 0 Å². The van der Waals surface area contributed by atoms with Gasteiger partial charge in [0.25, 0.3) is 0 Å². The lowest BCUT2D eigenvalue weighted by Crippen LogP contribution is -2.30. The maximum Gasteiger partial charge on any atom is 0.307 e. The minimum Gasteiger partial charge on any atom is -0.460 e. The summed E-state index contributed by atoms with van der Waals surface area (Å²) in [6, 6.07) is 0. The molecule has 0 heterocycles. The zero-order valence-corrected chi connectivity index (χ0v) is 14.3. The van der Waals surface area contributed by atoms with E-state index in [1.165, 1.54) is 38.5 Å². The van der Waals surface area contributed by atoms with Gasteiger partial charge >= 0.3 is 5.97 Å². The number of esters is 1. The third-order valence-electron chi connectivity index (χ3n) is 4.26. The van der Waals surface area contributed by atoms with Crippen molar-refractivity contribution in [3.8, 4) is 0 Å². The van der Waals surface area contributed by atoms with Crippen LogP contribution in [0.3, 0.4) is 0 Å². The van der Waals surface area contributed by atoms with Crippen LogP contribution in [0.2, 0.25) is 0 Å². The fourth-order valence-corrected chi connectivity index (χ4v) is 3.15. The number of rotatable bonds is 7. The van der Waals surface area contributed by atoms with Gasteiger partial charge in [0.1, 0.15) is 11.4 Å². The predicted octanol–water partition coefficient (Wildman–Crippen LogP) is 3.83. The van der Waals surface area contributed by atoms with E-state index in [9.17, 15) is 4.79 Å². The first-order valence-electron chi connectivity index (χ1n) is 8.51. The Labute approximate surface area is 134 Å². The zero-order chi connectivity index (χ0) is 16.6. The third kappa shape index (κ3) is 7.66. The number of nitrogens with two attached hydrogens (primary N) is 1. The molecule has 1 saturated carbocycles. The first kappa shape index (κ1) is 18.8. The summed E-state index contributed by atoms with van der Waals surface area (Å²) in [5, 5.41) is 12.0. The number of carbonyl (C=O) groups is 1. The van der Waals surface area contributed by atoms with Gasteiger partial charge in [-0.15, -0.1) is 0 Å².